The van der Waals surface area contributed by atoms with Crippen molar-refractivity contribution in [3.05, 3.63) is 23.2 Å². The molecule has 1 aliphatic carbocycles. The Labute approximate surface area is 118 Å². The summed E-state index contributed by atoms with van der Waals surface area (Å²) in [5.41, 5.74) is 1.52. The molecule has 1 aliphatic rings. The van der Waals surface area contributed by atoms with Gasteiger partial charge in [0, 0.05) is 16.7 Å². The highest BCUT2D eigenvalue weighted by Crippen LogP contribution is 2.54. The van der Waals surface area contributed by atoms with E-state index < -0.39 is 4.33 Å². The van der Waals surface area contributed by atoms with Crippen LogP contribution in [-0.2, 0) is 0 Å². The summed E-state index contributed by atoms with van der Waals surface area (Å²) in [5.74, 6) is 1.16. The first kappa shape index (κ1) is 12.0. The Morgan fingerprint density at radius 1 is 1.47 bits per heavy atom. The van der Waals surface area contributed by atoms with Crippen LogP contribution in [0, 0.1) is 5.92 Å². The van der Waals surface area contributed by atoms with Crippen LogP contribution < -0.4 is 0 Å². The van der Waals surface area contributed by atoms with Crippen molar-refractivity contribution in [3.63, 3.8) is 0 Å². The van der Waals surface area contributed by atoms with Crippen LogP contribution >= 0.6 is 46.6 Å². The molecule has 0 bridgehead atoms. The van der Waals surface area contributed by atoms with Crippen molar-refractivity contribution in [2.75, 3.05) is 5.75 Å². The fourth-order valence-electron chi connectivity index (χ4n) is 1.56. The Hall–Kier alpha value is -0.0900. The first-order valence-electron chi connectivity index (χ1n) is 5.11. The molecular weight excluding hydrogens is 301 g/mol. The van der Waals surface area contributed by atoms with Crippen LogP contribution in [0.15, 0.2) is 27.8 Å². The zero-order valence-corrected chi connectivity index (χ0v) is 11.7. The number of rotatable bonds is 3. The normalized spacial score (nSPS) is 21.9. The molecule has 2 aromatic rings. The quantitative estimate of drug-likeness (QED) is 0.603. The molecule has 1 aromatic heterocycles. The molecule has 0 amide bonds. The van der Waals surface area contributed by atoms with E-state index in [0.29, 0.717) is 16.2 Å². The van der Waals surface area contributed by atoms with Crippen LogP contribution in [0.3, 0.4) is 0 Å². The fraction of sp³-hybridized carbons (Fsp3) is 0.364. The highest BCUT2D eigenvalue weighted by molar-refractivity contribution is 7.99. The van der Waals surface area contributed by atoms with Gasteiger partial charge >= 0.3 is 0 Å². The maximum Gasteiger partial charge on any atom is 0.256 e. The summed E-state index contributed by atoms with van der Waals surface area (Å²) in [6.07, 6.45) is 0.842. The minimum absolute atomic E-state index is 0.328. The molecule has 1 heterocycles. The number of alkyl halides is 2. The molecule has 3 rings (SSSR count). The highest BCUT2D eigenvalue weighted by Gasteiger charge is 2.51. The molecule has 1 atom stereocenters. The standard InChI is InChI=1S/C11H8Cl3NOS/c12-7-1-2-9-8(3-7)15-10(16-9)17-5-6-4-11(6,13)14/h1-3,6H,4-5H2. The largest absolute Gasteiger partial charge is 0.431 e. The number of hydrogen-bond acceptors (Lipinski definition) is 3. The minimum Gasteiger partial charge on any atom is -0.431 e. The second kappa shape index (κ2) is 4.23. The molecular formula is C11H8Cl3NOS. The molecule has 0 N–H and O–H groups in total. The van der Waals surface area contributed by atoms with Gasteiger partial charge in [0.1, 0.15) is 9.85 Å². The predicted molar refractivity (Wildman–Crippen MR) is 72.3 cm³/mol. The molecule has 2 nitrogen and oxygen atoms in total. The predicted octanol–water partition coefficient (Wildman–Crippen LogP) is 4.77. The molecule has 90 valence electrons. The molecule has 6 heteroatoms. The lowest BCUT2D eigenvalue weighted by molar-refractivity contribution is 0.489. The Balaban J connectivity index is 1.73. The SMILES string of the molecule is Clc1ccc2oc(SCC3CC3(Cl)Cl)nc2c1. The van der Waals surface area contributed by atoms with Crippen LogP contribution in [0.5, 0.6) is 0 Å². The molecule has 0 spiro atoms. The van der Waals surface area contributed by atoms with E-state index in [1.54, 1.807) is 12.1 Å². The smallest absolute Gasteiger partial charge is 0.256 e. The number of halogens is 3. The summed E-state index contributed by atoms with van der Waals surface area (Å²) < 4.78 is 5.04. The first-order chi connectivity index (χ1) is 8.04. The Morgan fingerprint density at radius 3 is 2.94 bits per heavy atom. The third-order valence-corrected chi connectivity index (χ3v) is 4.85. The second-order valence-corrected chi connectivity index (χ2v) is 7.01. The zero-order chi connectivity index (χ0) is 12.0. The molecule has 0 aliphatic heterocycles. The van der Waals surface area contributed by atoms with E-state index in [1.807, 2.05) is 6.07 Å². The van der Waals surface area contributed by atoms with Crippen molar-refractivity contribution in [1.82, 2.24) is 4.98 Å². The number of oxazole rings is 1. The third kappa shape index (κ3) is 2.53. The molecule has 1 saturated carbocycles. The van der Waals surface area contributed by atoms with E-state index in [4.69, 9.17) is 39.2 Å². The number of nitrogens with zero attached hydrogens (tertiary/aromatic N) is 1. The summed E-state index contributed by atoms with van der Waals surface area (Å²) in [7, 11) is 0. The Kier molecular flexibility index (Phi) is 2.98. The summed E-state index contributed by atoms with van der Waals surface area (Å²) in [6, 6.07) is 5.39. The molecule has 0 radical (unpaired) electrons. The number of hydrogen-bond donors (Lipinski definition) is 0. The van der Waals surface area contributed by atoms with Gasteiger partial charge in [-0.05, 0) is 24.6 Å². The average Bonchev–Trinajstić information content (AvgIpc) is 2.71. The Bertz CT molecular complexity index is 569. The number of benzene rings is 1. The van der Waals surface area contributed by atoms with Crippen LogP contribution in [-0.4, -0.2) is 15.1 Å². The maximum atomic E-state index is 5.96. The lowest BCUT2D eigenvalue weighted by Gasteiger charge is -1.96. The van der Waals surface area contributed by atoms with Gasteiger partial charge in [-0.15, -0.1) is 23.2 Å². The van der Waals surface area contributed by atoms with Gasteiger partial charge in [0.25, 0.3) is 5.22 Å². The van der Waals surface area contributed by atoms with Crippen molar-refractivity contribution in [2.45, 2.75) is 16.0 Å². The number of fused-ring (bicyclic) bond motifs is 1. The maximum absolute atomic E-state index is 5.96. The van der Waals surface area contributed by atoms with Crippen molar-refractivity contribution in [2.24, 2.45) is 5.92 Å². The molecule has 1 fully saturated rings. The molecule has 0 saturated heterocycles. The first-order valence-corrected chi connectivity index (χ1v) is 7.23. The summed E-state index contributed by atoms with van der Waals surface area (Å²) in [6.45, 7) is 0. The van der Waals surface area contributed by atoms with E-state index >= 15 is 0 Å². The summed E-state index contributed by atoms with van der Waals surface area (Å²) in [5, 5.41) is 1.29. The van der Waals surface area contributed by atoms with Gasteiger partial charge in [-0.2, -0.15) is 0 Å². The topological polar surface area (TPSA) is 26.0 Å². The number of aromatic nitrogens is 1. The lowest BCUT2D eigenvalue weighted by atomic mass is 10.3. The van der Waals surface area contributed by atoms with Crippen LogP contribution in [0.2, 0.25) is 5.02 Å². The minimum atomic E-state index is -0.539. The Morgan fingerprint density at radius 2 is 2.24 bits per heavy atom. The van der Waals surface area contributed by atoms with Crippen LogP contribution in [0.1, 0.15) is 6.42 Å². The zero-order valence-electron chi connectivity index (χ0n) is 8.62. The lowest BCUT2D eigenvalue weighted by Crippen LogP contribution is -1.92. The summed E-state index contributed by atoms with van der Waals surface area (Å²) >= 11 is 19.3. The fourth-order valence-corrected chi connectivity index (χ4v) is 3.50. The van der Waals surface area contributed by atoms with Crippen molar-refractivity contribution in [3.8, 4) is 0 Å². The number of thioether (sulfide) groups is 1. The molecule has 1 unspecified atom stereocenters. The van der Waals surface area contributed by atoms with Gasteiger partial charge in [0.05, 0.1) is 0 Å². The second-order valence-electron chi connectivity index (χ2n) is 4.06. The van der Waals surface area contributed by atoms with Crippen molar-refractivity contribution in [1.29, 1.82) is 0 Å². The van der Waals surface area contributed by atoms with Gasteiger partial charge in [-0.1, -0.05) is 23.4 Å². The van der Waals surface area contributed by atoms with E-state index in [-0.39, 0.29) is 0 Å². The van der Waals surface area contributed by atoms with Crippen molar-refractivity contribution >= 4 is 57.7 Å². The van der Waals surface area contributed by atoms with Crippen molar-refractivity contribution < 1.29 is 4.42 Å². The summed E-state index contributed by atoms with van der Waals surface area (Å²) in [4.78, 5) is 4.35. The monoisotopic (exact) mass is 307 g/mol. The third-order valence-electron chi connectivity index (χ3n) is 2.69. The van der Waals surface area contributed by atoms with E-state index in [0.717, 1.165) is 23.3 Å². The molecule has 1 aromatic carbocycles. The highest BCUT2D eigenvalue weighted by atomic mass is 35.5. The van der Waals surface area contributed by atoms with E-state index in [2.05, 4.69) is 4.98 Å². The van der Waals surface area contributed by atoms with Gasteiger partial charge in [-0.3, -0.25) is 0 Å². The van der Waals surface area contributed by atoms with Crippen LogP contribution in [0.4, 0.5) is 0 Å². The van der Waals surface area contributed by atoms with Gasteiger partial charge in [0.15, 0.2) is 5.58 Å². The van der Waals surface area contributed by atoms with E-state index in [1.165, 1.54) is 11.8 Å². The molecule has 17 heavy (non-hydrogen) atoms. The van der Waals surface area contributed by atoms with E-state index in [9.17, 15) is 0 Å². The van der Waals surface area contributed by atoms with Gasteiger partial charge in [0.2, 0.25) is 0 Å². The average molecular weight is 309 g/mol. The van der Waals surface area contributed by atoms with Gasteiger partial charge < -0.3 is 4.42 Å². The van der Waals surface area contributed by atoms with Gasteiger partial charge in [-0.25, -0.2) is 4.98 Å². The van der Waals surface area contributed by atoms with Crippen LogP contribution in [0.25, 0.3) is 11.1 Å².